The maximum absolute atomic E-state index is 5.85. The summed E-state index contributed by atoms with van der Waals surface area (Å²) in [5.41, 5.74) is 6.61. The first kappa shape index (κ1) is 16.4. The highest BCUT2D eigenvalue weighted by atomic mass is 16.5. The van der Waals surface area contributed by atoms with Crippen LogP contribution in [-0.2, 0) is 0 Å². The van der Waals surface area contributed by atoms with Gasteiger partial charge >= 0.3 is 0 Å². The minimum absolute atomic E-state index is 0.298. The normalized spacial score (nSPS) is 11.0. The summed E-state index contributed by atoms with van der Waals surface area (Å²) < 4.78 is 15.9. The number of pyridine rings is 1. The van der Waals surface area contributed by atoms with E-state index in [1.807, 2.05) is 18.2 Å². The maximum Gasteiger partial charge on any atom is 0.193 e. The van der Waals surface area contributed by atoms with Gasteiger partial charge in [0.1, 0.15) is 12.4 Å². The lowest BCUT2D eigenvalue weighted by atomic mass is 10.3. The van der Waals surface area contributed by atoms with Crippen molar-refractivity contribution in [3.63, 3.8) is 0 Å². The summed E-state index contributed by atoms with van der Waals surface area (Å²) in [4.78, 5) is 8.16. The molecule has 0 amide bonds. The number of nitrogens with two attached hydrogens (primary N) is 1. The van der Waals surface area contributed by atoms with Crippen LogP contribution in [0.1, 0.15) is 0 Å². The van der Waals surface area contributed by atoms with Crippen LogP contribution in [-0.4, -0.2) is 38.3 Å². The largest absolute Gasteiger partial charge is 0.493 e. The van der Waals surface area contributed by atoms with Crippen LogP contribution in [0.25, 0.3) is 0 Å². The van der Waals surface area contributed by atoms with Gasteiger partial charge in [0.15, 0.2) is 17.5 Å². The van der Waals surface area contributed by atoms with Gasteiger partial charge in [-0.15, -0.1) is 0 Å². The van der Waals surface area contributed by atoms with Crippen LogP contribution in [0.4, 0.5) is 5.69 Å². The number of methoxy groups -OCH3 is 2. The molecule has 0 bridgehead atoms. The van der Waals surface area contributed by atoms with Crippen molar-refractivity contribution in [3.05, 3.63) is 42.7 Å². The zero-order valence-corrected chi connectivity index (χ0v) is 13.2. The molecule has 0 unspecified atom stereocenters. The quantitative estimate of drug-likeness (QED) is 0.460. The summed E-state index contributed by atoms with van der Waals surface area (Å²) in [5, 5.41) is 2.99. The Labute approximate surface area is 135 Å². The standard InChI is InChI=1S/C16H20N4O3/c1-21-14-6-5-12(10-15(14)22-2)20-16(17)19-8-9-23-13-4-3-7-18-11-13/h3-7,10-11H,8-9H2,1-2H3,(H3,17,19,20). The predicted molar refractivity (Wildman–Crippen MR) is 89.4 cm³/mol. The zero-order valence-electron chi connectivity index (χ0n) is 13.2. The monoisotopic (exact) mass is 316 g/mol. The van der Waals surface area contributed by atoms with E-state index in [9.17, 15) is 0 Å². The minimum Gasteiger partial charge on any atom is -0.493 e. The maximum atomic E-state index is 5.85. The second-order valence-electron chi connectivity index (χ2n) is 4.50. The van der Waals surface area contributed by atoms with E-state index in [-0.39, 0.29) is 0 Å². The van der Waals surface area contributed by atoms with Gasteiger partial charge in [-0.3, -0.25) is 4.98 Å². The van der Waals surface area contributed by atoms with Crippen molar-refractivity contribution in [2.45, 2.75) is 0 Å². The first-order valence-corrected chi connectivity index (χ1v) is 7.04. The lowest BCUT2D eigenvalue weighted by Crippen LogP contribution is -2.23. The Hall–Kier alpha value is -2.96. The third-order valence-electron chi connectivity index (χ3n) is 2.93. The number of nitrogens with zero attached hydrogens (tertiary/aromatic N) is 2. The third-order valence-corrected chi connectivity index (χ3v) is 2.93. The van der Waals surface area contributed by atoms with Crippen molar-refractivity contribution < 1.29 is 14.2 Å². The van der Waals surface area contributed by atoms with E-state index in [1.54, 1.807) is 38.7 Å². The molecular weight excluding hydrogens is 296 g/mol. The number of hydrogen-bond acceptors (Lipinski definition) is 5. The molecule has 1 aromatic heterocycles. The van der Waals surface area contributed by atoms with Crippen LogP contribution in [0, 0.1) is 0 Å². The van der Waals surface area contributed by atoms with Gasteiger partial charge in [-0.25, -0.2) is 4.99 Å². The second-order valence-corrected chi connectivity index (χ2v) is 4.50. The van der Waals surface area contributed by atoms with Gasteiger partial charge in [0.25, 0.3) is 0 Å². The SMILES string of the molecule is COc1ccc(NC(N)=NCCOc2cccnc2)cc1OC. The van der Waals surface area contributed by atoms with Gasteiger partial charge in [-0.05, 0) is 24.3 Å². The molecule has 0 radical (unpaired) electrons. The Morgan fingerprint density at radius 3 is 2.74 bits per heavy atom. The van der Waals surface area contributed by atoms with Crippen molar-refractivity contribution in [3.8, 4) is 17.2 Å². The average Bonchev–Trinajstić information content (AvgIpc) is 2.59. The summed E-state index contributed by atoms with van der Waals surface area (Å²) >= 11 is 0. The van der Waals surface area contributed by atoms with Crippen molar-refractivity contribution in [1.29, 1.82) is 0 Å². The topological polar surface area (TPSA) is 91.0 Å². The van der Waals surface area contributed by atoms with Crippen molar-refractivity contribution in [1.82, 2.24) is 4.98 Å². The van der Waals surface area contributed by atoms with Crippen LogP contribution in [0.3, 0.4) is 0 Å². The number of rotatable bonds is 7. The highest BCUT2D eigenvalue weighted by molar-refractivity contribution is 5.92. The number of aromatic nitrogens is 1. The molecule has 0 saturated carbocycles. The molecule has 1 heterocycles. The number of anilines is 1. The molecule has 0 aliphatic carbocycles. The van der Waals surface area contributed by atoms with E-state index in [1.165, 1.54) is 0 Å². The first-order valence-electron chi connectivity index (χ1n) is 7.04. The molecule has 3 N–H and O–H groups in total. The molecule has 122 valence electrons. The highest BCUT2D eigenvalue weighted by Gasteiger charge is 2.04. The molecule has 7 nitrogen and oxygen atoms in total. The lowest BCUT2D eigenvalue weighted by Gasteiger charge is -2.11. The fourth-order valence-electron chi connectivity index (χ4n) is 1.86. The Bertz CT molecular complexity index is 647. The van der Waals surface area contributed by atoms with Crippen molar-refractivity contribution in [2.24, 2.45) is 10.7 Å². The fraction of sp³-hybridized carbons (Fsp3) is 0.250. The summed E-state index contributed by atoms with van der Waals surface area (Å²) in [6, 6.07) is 9.05. The number of hydrogen-bond donors (Lipinski definition) is 2. The molecule has 2 rings (SSSR count). The van der Waals surface area contributed by atoms with E-state index in [2.05, 4.69) is 15.3 Å². The molecule has 2 aromatic rings. The number of aliphatic imine (C=N–C) groups is 1. The number of guanidine groups is 1. The molecule has 0 aliphatic heterocycles. The Morgan fingerprint density at radius 1 is 1.22 bits per heavy atom. The molecule has 0 atom stereocenters. The fourth-order valence-corrected chi connectivity index (χ4v) is 1.86. The van der Waals surface area contributed by atoms with E-state index >= 15 is 0 Å². The molecule has 1 aromatic carbocycles. The highest BCUT2D eigenvalue weighted by Crippen LogP contribution is 2.29. The van der Waals surface area contributed by atoms with Gasteiger partial charge in [-0.2, -0.15) is 0 Å². The summed E-state index contributed by atoms with van der Waals surface area (Å²) in [6.45, 7) is 0.848. The smallest absolute Gasteiger partial charge is 0.193 e. The summed E-state index contributed by atoms with van der Waals surface area (Å²) in [7, 11) is 3.16. The molecule has 7 heteroatoms. The molecular formula is C16H20N4O3. The molecule has 0 saturated heterocycles. The van der Waals surface area contributed by atoms with Gasteiger partial charge in [0.05, 0.1) is 27.0 Å². The Balaban J connectivity index is 1.84. The van der Waals surface area contributed by atoms with Crippen molar-refractivity contribution >= 4 is 11.6 Å². The van der Waals surface area contributed by atoms with Crippen LogP contribution >= 0.6 is 0 Å². The van der Waals surface area contributed by atoms with Crippen LogP contribution in [0.5, 0.6) is 17.2 Å². The van der Waals surface area contributed by atoms with Gasteiger partial charge in [0, 0.05) is 18.0 Å². The minimum atomic E-state index is 0.298. The number of nitrogens with one attached hydrogen (secondary N) is 1. The molecule has 0 spiro atoms. The van der Waals surface area contributed by atoms with Crippen molar-refractivity contribution in [2.75, 3.05) is 32.7 Å². The molecule has 0 fully saturated rings. The zero-order chi connectivity index (χ0) is 16.5. The van der Waals surface area contributed by atoms with E-state index < -0.39 is 0 Å². The van der Waals surface area contributed by atoms with Crippen LogP contribution in [0.2, 0.25) is 0 Å². The number of ether oxygens (including phenoxy) is 3. The van der Waals surface area contributed by atoms with Gasteiger partial charge in [0.2, 0.25) is 0 Å². The van der Waals surface area contributed by atoms with E-state index in [4.69, 9.17) is 19.9 Å². The predicted octanol–water partition coefficient (Wildman–Crippen LogP) is 1.90. The van der Waals surface area contributed by atoms with Crippen LogP contribution in [0.15, 0.2) is 47.7 Å². The van der Waals surface area contributed by atoms with Crippen LogP contribution < -0.4 is 25.3 Å². The van der Waals surface area contributed by atoms with E-state index in [0.29, 0.717) is 36.4 Å². The first-order chi connectivity index (χ1) is 11.2. The summed E-state index contributed by atoms with van der Waals surface area (Å²) in [5.74, 6) is 2.27. The van der Waals surface area contributed by atoms with Gasteiger partial charge in [-0.1, -0.05) is 0 Å². The Kier molecular flexibility index (Phi) is 6.05. The third kappa shape index (κ3) is 5.06. The number of benzene rings is 1. The lowest BCUT2D eigenvalue weighted by molar-refractivity contribution is 0.327. The van der Waals surface area contributed by atoms with Gasteiger partial charge < -0.3 is 25.3 Å². The molecule has 0 aliphatic rings. The molecule has 23 heavy (non-hydrogen) atoms. The second kappa shape index (κ2) is 8.47. The summed E-state index contributed by atoms with van der Waals surface area (Å²) in [6.07, 6.45) is 3.34. The average molecular weight is 316 g/mol. The Morgan fingerprint density at radius 2 is 2.04 bits per heavy atom. The van der Waals surface area contributed by atoms with E-state index in [0.717, 1.165) is 5.69 Å².